The highest BCUT2D eigenvalue weighted by molar-refractivity contribution is 6.12. The van der Waals surface area contributed by atoms with E-state index >= 15 is 0 Å². The Bertz CT molecular complexity index is 2940. The smallest absolute Gasteiger partial charge is 0.409 e. The summed E-state index contributed by atoms with van der Waals surface area (Å²) in [7, 11) is 0. The van der Waals surface area contributed by atoms with Gasteiger partial charge in [-0.15, -0.1) is 0 Å². The molecule has 0 bridgehead atoms. The molecule has 9 rings (SSSR count). The van der Waals surface area contributed by atoms with Crippen LogP contribution < -0.4 is 29.6 Å². The van der Waals surface area contributed by atoms with Gasteiger partial charge in [-0.1, -0.05) is 84.9 Å². The van der Waals surface area contributed by atoms with Crippen LogP contribution in [-0.2, 0) is 27.5 Å². The fourth-order valence-corrected chi connectivity index (χ4v) is 8.24. The molecule has 342 valence electrons. The Hall–Kier alpha value is -8.45. The maximum atomic E-state index is 13.1. The van der Waals surface area contributed by atoms with E-state index in [0.29, 0.717) is 57.1 Å². The predicted molar refractivity (Wildman–Crippen MR) is 263 cm³/mol. The third-order valence-corrected chi connectivity index (χ3v) is 11.3. The Labute approximate surface area is 393 Å². The van der Waals surface area contributed by atoms with E-state index in [2.05, 4.69) is 10.6 Å². The van der Waals surface area contributed by atoms with Crippen molar-refractivity contribution in [3.05, 3.63) is 157 Å². The number of hydrogen-bond donors (Lipinski definition) is 2. The average molecular weight is 908 g/mol. The van der Waals surface area contributed by atoms with E-state index in [1.807, 2.05) is 133 Å². The van der Waals surface area contributed by atoms with E-state index in [-0.39, 0.29) is 57.9 Å². The SMILES string of the molecule is CCOC(=O)N1CCOc2ccc3cc(-c4cccc(NC(C)=O)n4)c(OCc4ccccc4)cc3c2-c2c(ccc3cc(-c4cccc(NC(C)=O)n4)c(OCc4ccccc4)cc23)OCC1. The zero-order chi connectivity index (χ0) is 47.0. The second kappa shape index (κ2) is 20.4. The average Bonchev–Trinajstić information content (AvgIpc) is 3.38. The lowest BCUT2D eigenvalue weighted by Crippen LogP contribution is -2.38. The molecule has 0 atom stereocenters. The molecule has 0 spiro atoms. The molecule has 8 aromatic rings. The molecule has 1 aliphatic rings. The van der Waals surface area contributed by atoms with Crippen LogP contribution in [0.5, 0.6) is 23.0 Å². The first kappa shape index (κ1) is 44.7. The summed E-state index contributed by atoms with van der Waals surface area (Å²) in [5.74, 6) is 2.55. The zero-order valence-corrected chi connectivity index (χ0v) is 37.9. The number of hydrogen-bond acceptors (Lipinski definition) is 10. The van der Waals surface area contributed by atoms with E-state index < -0.39 is 6.09 Å². The van der Waals surface area contributed by atoms with Gasteiger partial charge in [0.05, 0.1) is 31.1 Å². The van der Waals surface area contributed by atoms with Gasteiger partial charge in [0.2, 0.25) is 11.8 Å². The summed E-state index contributed by atoms with van der Waals surface area (Å²) in [6.07, 6.45) is -0.454. The summed E-state index contributed by atoms with van der Waals surface area (Å²) in [6, 6.07) is 46.7. The van der Waals surface area contributed by atoms with Crippen molar-refractivity contribution in [2.45, 2.75) is 34.0 Å². The van der Waals surface area contributed by atoms with Gasteiger partial charge in [-0.2, -0.15) is 0 Å². The van der Waals surface area contributed by atoms with Crippen LogP contribution in [0.4, 0.5) is 16.4 Å². The number of fused-ring (bicyclic) bond motifs is 7. The van der Waals surface area contributed by atoms with Crippen LogP contribution in [0.25, 0.3) is 55.2 Å². The van der Waals surface area contributed by atoms with Gasteiger partial charge in [-0.3, -0.25) is 9.59 Å². The van der Waals surface area contributed by atoms with E-state index in [1.165, 1.54) is 13.8 Å². The number of aromatic nitrogens is 2. The molecule has 0 aliphatic carbocycles. The summed E-state index contributed by atoms with van der Waals surface area (Å²) in [6.45, 7) is 6.27. The second-order valence-electron chi connectivity index (χ2n) is 16.1. The number of carbonyl (C=O) groups excluding carboxylic acids is 3. The molecule has 13 heteroatoms. The van der Waals surface area contributed by atoms with Crippen molar-refractivity contribution in [1.82, 2.24) is 14.9 Å². The van der Waals surface area contributed by atoms with Crippen LogP contribution in [0.15, 0.2) is 146 Å². The first-order chi connectivity index (χ1) is 33.2. The summed E-state index contributed by atoms with van der Waals surface area (Å²) in [5, 5.41) is 8.91. The lowest BCUT2D eigenvalue weighted by atomic mass is 9.90. The van der Waals surface area contributed by atoms with Crippen molar-refractivity contribution < 1.29 is 38.1 Å². The molecule has 2 aromatic heterocycles. The molecule has 0 radical (unpaired) electrons. The van der Waals surface area contributed by atoms with Gasteiger partial charge in [0.15, 0.2) is 0 Å². The fourth-order valence-electron chi connectivity index (χ4n) is 8.24. The first-order valence-corrected chi connectivity index (χ1v) is 22.4. The number of nitrogens with zero attached hydrogens (tertiary/aromatic N) is 3. The van der Waals surface area contributed by atoms with Crippen LogP contribution in [0.2, 0.25) is 0 Å². The number of rotatable bonds is 11. The van der Waals surface area contributed by atoms with Crippen molar-refractivity contribution in [2.24, 2.45) is 0 Å². The number of amides is 3. The van der Waals surface area contributed by atoms with E-state index in [9.17, 15) is 14.4 Å². The normalized spacial score (nSPS) is 12.4. The molecule has 13 nitrogen and oxygen atoms in total. The first-order valence-electron chi connectivity index (χ1n) is 22.4. The summed E-state index contributed by atoms with van der Waals surface area (Å²) < 4.78 is 32.3. The van der Waals surface area contributed by atoms with Gasteiger partial charge in [0.25, 0.3) is 0 Å². The van der Waals surface area contributed by atoms with Gasteiger partial charge in [0.1, 0.15) is 61.1 Å². The fraction of sp³-hybridized carbons (Fsp3) is 0.182. The third-order valence-electron chi connectivity index (χ3n) is 11.3. The molecule has 68 heavy (non-hydrogen) atoms. The highest BCUT2D eigenvalue weighted by atomic mass is 16.6. The lowest BCUT2D eigenvalue weighted by Gasteiger charge is -2.22. The quantitative estimate of drug-likeness (QED) is 0.128. The maximum absolute atomic E-state index is 13.1. The van der Waals surface area contributed by atoms with Crippen LogP contribution in [0.3, 0.4) is 0 Å². The Morgan fingerprint density at radius 2 is 1.03 bits per heavy atom. The highest BCUT2D eigenvalue weighted by Gasteiger charge is 2.25. The Balaban J connectivity index is 1.29. The molecule has 6 aromatic carbocycles. The largest absolute Gasteiger partial charge is 0.491 e. The van der Waals surface area contributed by atoms with Crippen LogP contribution in [0.1, 0.15) is 31.9 Å². The van der Waals surface area contributed by atoms with Crippen molar-refractivity contribution in [3.63, 3.8) is 0 Å². The summed E-state index contributed by atoms with van der Waals surface area (Å²) >= 11 is 0. The number of pyridine rings is 2. The number of carbonyl (C=O) groups is 3. The second-order valence-corrected chi connectivity index (χ2v) is 16.1. The van der Waals surface area contributed by atoms with Gasteiger partial charge >= 0.3 is 6.09 Å². The summed E-state index contributed by atoms with van der Waals surface area (Å²) in [5.41, 5.74) is 6.05. The minimum atomic E-state index is -0.454. The van der Waals surface area contributed by atoms with Crippen LogP contribution in [0, 0.1) is 0 Å². The van der Waals surface area contributed by atoms with Gasteiger partial charge in [0, 0.05) is 36.1 Å². The van der Waals surface area contributed by atoms with E-state index in [1.54, 1.807) is 24.0 Å². The maximum Gasteiger partial charge on any atom is 0.409 e. The number of anilines is 2. The van der Waals surface area contributed by atoms with E-state index in [0.717, 1.165) is 43.8 Å². The standard InChI is InChI=1S/C55H49N5O8/c1-4-64-55(63)60-25-27-65-47-23-21-39-29-43(45-17-11-19-51(58-45)56-35(2)61)49(67-33-37-13-7-5-8-14-37)31-41(39)53(47)54-42-32-50(68-34-38-15-9-6-10-16-38)44(30-40(42)22-24-48(54)66-28-26-60)46-18-12-20-52(59-46)57-36(3)62/h5-24,29-32H,4,25-28,33-34H2,1-3H3,(H,56,58,61)(H,57,59,62). The summed E-state index contributed by atoms with van der Waals surface area (Å²) in [4.78, 5) is 48.6. The van der Waals surface area contributed by atoms with Crippen molar-refractivity contribution >= 4 is 51.1 Å². The Morgan fingerprint density at radius 3 is 1.46 bits per heavy atom. The molecule has 2 N–H and O–H groups in total. The Morgan fingerprint density at radius 1 is 0.574 bits per heavy atom. The van der Waals surface area contributed by atoms with Gasteiger partial charge in [-0.05, 0) is 100 Å². The van der Waals surface area contributed by atoms with E-state index in [4.69, 9.17) is 33.7 Å². The molecule has 3 amide bonds. The lowest BCUT2D eigenvalue weighted by molar-refractivity contribution is -0.115. The number of benzene rings is 6. The molecular formula is C55H49N5O8. The molecular weight excluding hydrogens is 859 g/mol. The van der Waals surface area contributed by atoms with Crippen molar-refractivity contribution in [1.29, 1.82) is 0 Å². The van der Waals surface area contributed by atoms with Crippen LogP contribution in [-0.4, -0.2) is 65.7 Å². The molecule has 0 unspecified atom stereocenters. The predicted octanol–water partition coefficient (Wildman–Crippen LogP) is 11.1. The van der Waals surface area contributed by atoms with Gasteiger partial charge in [-0.25, -0.2) is 14.8 Å². The zero-order valence-electron chi connectivity index (χ0n) is 37.9. The minimum Gasteiger partial charge on any atom is -0.491 e. The van der Waals surface area contributed by atoms with Crippen molar-refractivity contribution in [3.8, 4) is 56.6 Å². The van der Waals surface area contributed by atoms with Crippen molar-refractivity contribution in [2.75, 3.05) is 43.5 Å². The molecule has 3 heterocycles. The molecule has 0 fully saturated rings. The third kappa shape index (κ3) is 10.2. The Kier molecular flexibility index (Phi) is 13.4. The highest BCUT2D eigenvalue weighted by Crippen LogP contribution is 2.49. The molecule has 1 aliphatic heterocycles. The number of nitrogens with one attached hydrogen (secondary N) is 2. The molecule has 0 saturated carbocycles. The van der Waals surface area contributed by atoms with Crippen LogP contribution >= 0.6 is 0 Å². The number of ether oxygens (including phenoxy) is 5. The van der Waals surface area contributed by atoms with Gasteiger partial charge < -0.3 is 39.2 Å². The minimum absolute atomic E-state index is 0.165. The molecule has 0 saturated heterocycles. The topological polar surface area (TPSA) is 150 Å². The monoisotopic (exact) mass is 907 g/mol.